The van der Waals surface area contributed by atoms with Gasteiger partial charge in [0.1, 0.15) is 0 Å². The molecule has 2 aromatic carbocycles. The Morgan fingerprint density at radius 3 is 2.38 bits per heavy atom. The third-order valence-electron chi connectivity index (χ3n) is 3.50. The van der Waals surface area contributed by atoms with Crippen LogP contribution >= 0.6 is 0 Å². The van der Waals surface area contributed by atoms with Crippen LogP contribution in [0, 0.1) is 6.92 Å². The summed E-state index contributed by atoms with van der Waals surface area (Å²) in [4.78, 5) is 0. The van der Waals surface area contributed by atoms with Gasteiger partial charge in [0.15, 0.2) is 0 Å². The summed E-state index contributed by atoms with van der Waals surface area (Å²) in [7, 11) is 0. The zero-order chi connectivity index (χ0) is 17.2. The molecule has 24 heavy (non-hydrogen) atoms. The minimum absolute atomic E-state index is 0.226. The van der Waals surface area contributed by atoms with Gasteiger partial charge in [-0.15, -0.1) is 10.2 Å². The van der Waals surface area contributed by atoms with Crippen LogP contribution in [-0.4, -0.2) is 10.2 Å². The minimum atomic E-state index is -4.34. The maximum atomic E-state index is 12.5. The topological polar surface area (TPSA) is 51.0 Å². The molecular weight excluding hydrogens is 319 g/mol. The monoisotopic (exact) mass is 333 g/mol. The predicted octanol–water partition coefficient (Wildman–Crippen LogP) is 4.68. The molecule has 3 rings (SSSR count). The summed E-state index contributed by atoms with van der Waals surface area (Å²) in [6.45, 7) is 2.17. The second kappa shape index (κ2) is 6.35. The number of aromatic nitrogens is 2. The summed E-state index contributed by atoms with van der Waals surface area (Å²) in [6, 6.07) is 12.4. The van der Waals surface area contributed by atoms with Gasteiger partial charge in [-0.05, 0) is 42.8 Å². The normalized spacial score (nSPS) is 11.5. The Balaban J connectivity index is 1.67. The molecule has 1 aromatic heterocycles. The molecule has 0 aliphatic rings. The molecule has 0 unspecified atom stereocenters. The first-order valence-electron chi connectivity index (χ1n) is 7.23. The lowest BCUT2D eigenvalue weighted by molar-refractivity contribution is -0.137. The Kier molecular flexibility index (Phi) is 4.24. The maximum Gasteiger partial charge on any atom is 0.416 e. The van der Waals surface area contributed by atoms with E-state index in [1.807, 2.05) is 31.2 Å². The number of aryl methyl sites for hydroxylation is 1. The average molecular weight is 333 g/mol. The molecule has 124 valence electrons. The van der Waals surface area contributed by atoms with Crippen molar-refractivity contribution in [2.75, 3.05) is 5.32 Å². The van der Waals surface area contributed by atoms with Crippen LogP contribution in [0.1, 0.15) is 17.0 Å². The number of alkyl halides is 3. The molecule has 4 nitrogen and oxygen atoms in total. The van der Waals surface area contributed by atoms with Gasteiger partial charge >= 0.3 is 6.18 Å². The van der Waals surface area contributed by atoms with Gasteiger partial charge in [-0.25, -0.2) is 0 Å². The SMILES string of the molecule is Cc1ccccc1-c1nnc(CNc2ccc(C(F)(F)F)cc2)o1. The molecule has 0 saturated heterocycles. The van der Waals surface area contributed by atoms with Crippen LogP contribution in [0.5, 0.6) is 0 Å². The molecule has 1 heterocycles. The summed E-state index contributed by atoms with van der Waals surface area (Å²) >= 11 is 0. The largest absolute Gasteiger partial charge is 0.419 e. The quantitative estimate of drug-likeness (QED) is 0.753. The molecule has 0 radical (unpaired) electrons. The third-order valence-corrected chi connectivity index (χ3v) is 3.50. The van der Waals surface area contributed by atoms with E-state index in [0.717, 1.165) is 23.3 Å². The first-order valence-corrected chi connectivity index (χ1v) is 7.23. The number of benzene rings is 2. The lowest BCUT2D eigenvalue weighted by atomic mass is 10.1. The van der Waals surface area contributed by atoms with Crippen LogP contribution in [0.25, 0.3) is 11.5 Å². The number of halogens is 3. The Labute approximate surface area is 136 Å². The molecule has 0 amide bonds. The van der Waals surface area contributed by atoms with Gasteiger partial charge in [0.2, 0.25) is 11.8 Å². The zero-order valence-corrected chi connectivity index (χ0v) is 12.8. The zero-order valence-electron chi connectivity index (χ0n) is 12.8. The fourth-order valence-electron chi connectivity index (χ4n) is 2.20. The van der Waals surface area contributed by atoms with Gasteiger partial charge in [-0.3, -0.25) is 0 Å². The number of hydrogen-bond donors (Lipinski definition) is 1. The van der Waals surface area contributed by atoms with E-state index in [2.05, 4.69) is 15.5 Å². The van der Waals surface area contributed by atoms with E-state index in [-0.39, 0.29) is 6.54 Å². The van der Waals surface area contributed by atoms with Crippen LogP contribution in [-0.2, 0) is 12.7 Å². The molecule has 0 saturated carbocycles. The number of anilines is 1. The van der Waals surface area contributed by atoms with E-state index < -0.39 is 11.7 Å². The Morgan fingerprint density at radius 1 is 1.00 bits per heavy atom. The molecule has 0 fully saturated rings. The second-order valence-electron chi connectivity index (χ2n) is 5.24. The lowest BCUT2D eigenvalue weighted by Crippen LogP contribution is -2.05. The van der Waals surface area contributed by atoms with Crippen molar-refractivity contribution in [3.8, 4) is 11.5 Å². The highest BCUT2D eigenvalue weighted by molar-refractivity contribution is 5.57. The van der Waals surface area contributed by atoms with Gasteiger partial charge in [0.25, 0.3) is 0 Å². The molecule has 3 aromatic rings. The number of nitrogens with zero attached hydrogens (tertiary/aromatic N) is 2. The lowest BCUT2D eigenvalue weighted by Gasteiger charge is -2.08. The molecule has 0 atom stereocenters. The second-order valence-corrected chi connectivity index (χ2v) is 5.24. The number of nitrogens with one attached hydrogen (secondary N) is 1. The highest BCUT2D eigenvalue weighted by atomic mass is 19.4. The van der Waals surface area contributed by atoms with Crippen LogP contribution < -0.4 is 5.32 Å². The molecular formula is C17H14F3N3O. The van der Waals surface area contributed by atoms with E-state index in [1.54, 1.807) is 0 Å². The summed E-state index contributed by atoms with van der Waals surface area (Å²) < 4.78 is 43.1. The predicted molar refractivity (Wildman–Crippen MR) is 83.2 cm³/mol. The highest BCUT2D eigenvalue weighted by Gasteiger charge is 2.29. The first-order chi connectivity index (χ1) is 11.4. The molecule has 0 bridgehead atoms. The van der Waals surface area contributed by atoms with Crippen LogP contribution in [0.4, 0.5) is 18.9 Å². The van der Waals surface area contributed by atoms with E-state index >= 15 is 0 Å². The first kappa shape index (κ1) is 16.0. The summed E-state index contributed by atoms with van der Waals surface area (Å²) in [5, 5.41) is 10.9. The van der Waals surface area contributed by atoms with Gasteiger partial charge in [0.05, 0.1) is 12.1 Å². The van der Waals surface area contributed by atoms with Crippen molar-refractivity contribution in [2.45, 2.75) is 19.6 Å². The maximum absolute atomic E-state index is 12.5. The van der Waals surface area contributed by atoms with Crippen molar-refractivity contribution >= 4 is 5.69 Å². The number of rotatable bonds is 4. The molecule has 0 aliphatic heterocycles. The summed E-state index contributed by atoms with van der Waals surface area (Å²) in [6.07, 6.45) is -4.34. The standard InChI is InChI=1S/C17H14F3N3O/c1-11-4-2-3-5-14(11)16-23-22-15(24-16)10-21-13-8-6-12(7-9-13)17(18,19)20/h2-9,21H,10H2,1H3. The highest BCUT2D eigenvalue weighted by Crippen LogP contribution is 2.30. The molecule has 0 aliphatic carbocycles. The third kappa shape index (κ3) is 3.56. The van der Waals surface area contributed by atoms with Crippen molar-refractivity contribution in [1.29, 1.82) is 0 Å². The Morgan fingerprint density at radius 2 is 1.71 bits per heavy atom. The van der Waals surface area contributed by atoms with Gasteiger partial charge < -0.3 is 9.73 Å². The fraction of sp³-hybridized carbons (Fsp3) is 0.176. The molecule has 0 spiro atoms. The Bertz CT molecular complexity index is 826. The van der Waals surface area contributed by atoms with Crippen LogP contribution in [0.2, 0.25) is 0 Å². The van der Waals surface area contributed by atoms with Gasteiger partial charge in [-0.2, -0.15) is 13.2 Å². The van der Waals surface area contributed by atoms with Crippen molar-refractivity contribution in [3.05, 3.63) is 65.5 Å². The Hall–Kier alpha value is -2.83. The molecule has 1 N–H and O–H groups in total. The van der Waals surface area contributed by atoms with Crippen molar-refractivity contribution in [2.24, 2.45) is 0 Å². The minimum Gasteiger partial charge on any atom is -0.419 e. The van der Waals surface area contributed by atoms with E-state index in [4.69, 9.17) is 4.42 Å². The summed E-state index contributed by atoms with van der Waals surface area (Å²) in [5.41, 5.74) is 1.72. The fourth-order valence-corrected chi connectivity index (χ4v) is 2.20. The van der Waals surface area contributed by atoms with Crippen molar-refractivity contribution in [3.63, 3.8) is 0 Å². The summed E-state index contributed by atoms with van der Waals surface area (Å²) in [5.74, 6) is 0.769. The van der Waals surface area contributed by atoms with Crippen molar-refractivity contribution in [1.82, 2.24) is 10.2 Å². The average Bonchev–Trinajstić information content (AvgIpc) is 3.02. The van der Waals surface area contributed by atoms with Gasteiger partial charge in [0, 0.05) is 11.3 Å². The van der Waals surface area contributed by atoms with Crippen LogP contribution in [0.15, 0.2) is 52.9 Å². The van der Waals surface area contributed by atoms with Crippen LogP contribution in [0.3, 0.4) is 0 Å². The van der Waals surface area contributed by atoms with E-state index in [0.29, 0.717) is 17.5 Å². The van der Waals surface area contributed by atoms with E-state index in [1.165, 1.54) is 12.1 Å². The van der Waals surface area contributed by atoms with Gasteiger partial charge in [-0.1, -0.05) is 18.2 Å². The molecule has 7 heteroatoms. The van der Waals surface area contributed by atoms with E-state index in [9.17, 15) is 13.2 Å². The van der Waals surface area contributed by atoms with Crippen molar-refractivity contribution < 1.29 is 17.6 Å². The number of hydrogen-bond acceptors (Lipinski definition) is 4. The smallest absolute Gasteiger partial charge is 0.416 e.